The van der Waals surface area contributed by atoms with Crippen LogP contribution >= 0.6 is 0 Å². The summed E-state index contributed by atoms with van der Waals surface area (Å²) in [5, 5.41) is 36.0. The summed E-state index contributed by atoms with van der Waals surface area (Å²) < 4.78 is 0. The van der Waals surface area contributed by atoms with Gasteiger partial charge in [-0.05, 0) is 247 Å². The highest BCUT2D eigenvalue weighted by molar-refractivity contribution is 6.61. The number of rotatable bonds is 0. The predicted octanol–water partition coefficient (Wildman–Crippen LogP) is 11.7. The van der Waals surface area contributed by atoms with E-state index in [1.165, 1.54) is 17.4 Å². The Balaban J connectivity index is 1.21. The lowest BCUT2D eigenvalue weighted by Gasteiger charge is -2.58. The maximum Gasteiger partial charge on any atom is 0.0403 e. The highest BCUT2D eigenvalue weighted by Gasteiger charge is 2.68. The molecule has 0 bridgehead atoms. The smallest absolute Gasteiger partial charge is 0.0403 e. The summed E-state index contributed by atoms with van der Waals surface area (Å²) in [4.78, 5) is 0. The molecule has 12 aromatic rings. The van der Waals surface area contributed by atoms with Crippen molar-refractivity contribution in [2.24, 2.45) is 5.92 Å². The fraction of sp³-hybridized carbons (Fsp3) is 0.172. The molecule has 0 heteroatoms. The largest absolute Gasteiger partial charge is 0.0728 e. The minimum absolute atomic E-state index is 0.125. The van der Waals surface area contributed by atoms with Crippen molar-refractivity contribution in [2.75, 3.05) is 0 Å². The molecule has 10 aliphatic rings. The standard InChI is InChI=1S/C58H26/c1-18-2-3-21-16-57-30-8-9-31-29-15-24-13-23-12-22-11-19-4-5-20-14-28-26-6-7-27(30)39-37(26)45-38(28)43-33(20)32(19)41-36(22)42-34(23)35(24)44-40(29)56(58(31,57)17-25(21)10-18)54-52-49(44)47(42)46(41)48(43)50(52)51(45)53(54)55(39)57/h2-3,6-12,14-15,22,36H,4-5,13,16-17H2,1H3. The number of benzene rings is 10. The number of aryl methyl sites for hydroxylation is 2. The Morgan fingerprint density at radius 2 is 1.10 bits per heavy atom. The van der Waals surface area contributed by atoms with Crippen LogP contribution in [0.2, 0.25) is 0 Å². The van der Waals surface area contributed by atoms with Crippen LogP contribution in [0, 0.1) is 12.8 Å². The van der Waals surface area contributed by atoms with Crippen LogP contribution in [-0.2, 0) is 36.5 Å². The van der Waals surface area contributed by atoms with Crippen LogP contribution in [0.25, 0.3) is 130 Å². The van der Waals surface area contributed by atoms with Crippen molar-refractivity contribution >= 4 is 130 Å². The Labute approximate surface area is 328 Å². The van der Waals surface area contributed by atoms with Gasteiger partial charge in [0.05, 0.1) is 0 Å². The van der Waals surface area contributed by atoms with Gasteiger partial charge in [-0.25, -0.2) is 0 Å². The van der Waals surface area contributed by atoms with E-state index in [4.69, 9.17) is 0 Å². The summed E-state index contributed by atoms with van der Waals surface area (Å²) in [5.74, 6) is 0.914. The molecule has 0 amide bonds. The molecule has 10 aliphatic carbocycles. The Bertz CT molecular complexity index is 4690. The van der Waals surface area contributed by atoms with Gasteiger partial charge in [-0.1, -0.05) is 60.2 Å². The quantitative estimate of drug-likeness (QED) is 0.108. The summed E-state index contributed by atoms with van der Waals surface area (Å²) in [5.41, 5.74) is 24.4. The summed E-state index contributed by atoms with van der Waals surface area (Å²) in [6, 6.07) is 18.2. The van der Waals surface area contributed by atoms with Gasteiger partial charge in [0.25, 0.3) is 0 Å². The zero-order valence-corrected chi connectivity index (χ0v) is 31.5. The van der Waals surface area contributed by atoms with E-state index in [0.29, 0.717) is 11.8 Å². The molecule has 4 unspecified atom stereocenters. The zero-order chi connectivity index (χ0) is 35.8. The molecular formula is C58H26. The summed E-state index contributed by atoms with van der Waals surface area (Å²) in [6.45, 7) is 2.32. The predicted molar refractivity (Wildman–Crippen MR) is 239 cm³/mol. The summed E-state index contributed by atoms with van der Waals surface area (Å²) >= 11 is 0. The van der Waals surface area contributed by atoms with Gasteiger partial charge in [0.15, 0.2) is 0 Å². The Hall–Kier alpha value is -6.24. The van der Waals surface area contributed by atoms with Crippen LogP contribution in [-0.4, -0.2) is 0 Å². The van der Waals surface area contributed by atoms with Crippen molar-refractivity contribution < 1.29 is 0 Å². The van der Waals surface area contributed by atoms with Gasteiger partial charge in [0.1, 0.15) is 0 Å². The van der Waals surface area contributed by atoms with Crippen LogP contribution in [0.15, 0.2) is 66.8 Å². The zero-order valence-electron chi connectivity index (χ0n) is 31.5. The molecule has 0 saturated heterocycles. The van der Waals surface area contributed by atoms with Gasteiger partial charge in [-0.15, -0.1) is 0 Å². The lowest BCUT2D eigenvalue weighted by molar-refractivity contribution is 0.335. The van der Waals surface area contributed by atoms with Crippen LogP contribution < -0.4 is 10.4 Å². The van der Waals surface area contributed by atoms with Crippen LogP contribution in [0.3, 0.4) is 0 Å². The first-order valence-electron chi connectivity index (χ1n) is 22.2. The van der Waals surface area contributed by atoms with Gasteiger partial charge in [-0.3, -0.25) is 0 Å². The first-order valence-corrected chi connectivity index (χ1v) is 22.2. The van der Waals surface area contributed by atoms with E-state index in [1.807, 2.05) is 0 Å². The third-order valence-corrected chi connectivity index (χ3v) is 19.9. The fourth-order valence-electron chi connectivity index (χ4n) is 18.9. The average molecular weight is 723 g/mol. The van der Waals surface area contributed by atoms with Crippen molar-refractivity contribution in [3.05, 3.63) is 138 Å². The first kappa shape index (κ1) is 25.2. The lowest BCUT2D eigenvalue weighted by atomic mass is 9.43. The number of hydrogen-bond acceptors (Lipinski definition) is 0. The third kappa shape index (κ3) is 1.74. The van der Waals surface area contributed by atoms with E-state index in [-0.39, 0.29) is 10.8 Å². The molecule has 12 aromatic carbocycles. The molecule has 0 nitrogen and oxygen atoms in total. The van der Waals surface area contributed by atoms with Gasteiger partial charge in [0.2, 0.25) is 0 Å². The molecule has 0 heterocycles. The van der Waals surface area contributed by atoms with Crippen LogP contribution in [0.4, 0.5) is 0 Å². The molecule has 4 atom stereocenters. The Kier molecular flexibility index (Phi) is 2.84. The van der Waals surface area contributed by atoms with Crippen molar-refractivity contribution in [3.8, 4) is 0 Å². The van der Waals surface area contributed by atoms with E-state index in [1.54, 1.807) is 191 Å². The SMILES string of the molecule is Cc1ccc2c(c1)CC13C4=c5cc6c7c8c9c%10c%11c%12c%13c%14c(cc%15c%16ccc%17c%18c(c%19c%20c1c5c7c%10c%20c1c%11c%14c%15c(c%18%16)c%191)C3(C2)C=%17C=C4)CCC%13=CC(C=C8C6)C9%12. The lowest BCUT2D eigenvalue weighted by Crippen LogP contribution is -2.57. The maximum atomic E-state index is 2.78. The number of fused-ring (bicyclic) bond motifs is 2. The monoisotopic (exact) mass is 722 g/mol. The molecule has 0 N–H and O–H groups in total. The average Bonchev–Trinajstić information content (AvgIpc) is 4.06. The second-order valence-corrected chi connectivity index (χ2v) is 21.1. The molecule has 0 aliphatic heterocycles. The topological polar surface area (TPSA) is 0 Å². The van der Waals surface area contributed by atoms with Crippen LogP contribution in [0.5, 0.6) is 0 Å². The molecule has 58 heavy (non-hydrogen) atoms. The van der Waals surface area contributed by atoms with E-state index in [2.05, 4.69) is 73.7 Å². The van der Waals surface area contributed by atoms with Gasteiger partial charge in [0, 0.05) is 22.7 Å². The molecule has 2 spiro atoms. The number of allylic oxidation sites excluding steroid dienone is 6. The van der Waals surface area contributed by atoms with Crippen molar-refractivity contribution in [3.63, 3.8) is 0 Å². The van der Waals surface area contributed by atoms with E-state index >= 15 is 0 Å². The van der Waals surface area contributed by atoms with E-state index < -0.39 is 0 Å². The molecule has 0 fully saturated rings. The third-order valence-electron chi connectivity index (χ3n) is 19.9. The summed E-state index contributed by atoms with van der Waals surface area (Å²) in [6.07, 6.45) is 16.5. The molecule has 258 valence electrons. The van der Waals surface area contributed by atoms with Crippen molar-refractivity contribution in [1.82, 2.24) is 0 Å². The normalized spacial score (nSPS) is 27.3. The minimum Gasteiger partial charge on any atom is -0.0728 e. The molecule has 0 saturated carbocycles. The maximum absolute atomic E-state index is 2.78. The number of hydrogen-bond donors (Lipinski definition) is 0. The van der Waals surface area contributed by atoms with Crippen molar-refractivity contribution in [2.45, 2.75) is 55.8 Å². The molecule has 0 aromatic heterocycles. The highest BCUT2D eigenvalue weighted by atomic mass is 14.7. The van der Waals surface area contributed by atoms with E-state index in [0.717, 1.165) is 25.7 Å². The Morgan fingerprint density at radius 3 is 1.95 bits per heavy atom. The second-order valence-electron chi connectivity index (χ2n) is 21.1. The molecular weight excluding hydrogens is 697 g/mol. The van der Waals surface area contributed by atoms with Gasteiger partial charge >= 0.3 is 0 Å². The Morgan fingerprint density at radius 1 is 0.466 bits per heavy atom. The van der Waals surface area contributed by atoms with Crippen LogP contribution in [0.1, 0.15) is 73.5 Å². The first-order chi connectivity index (χ1) is 28.7. The van der Waals surface area contributed by atoms with Crippen molar-refractivity contribution in [1.29, 1.82) is 0 Å². The fourth-order valence-corrected chi connectivity index (χ4v) is 18.9. The van der Waals surface area contributed by atoms with Gasteiger partial charge < -0.3 is 0 Å². The highest BCUT2D eigenvalue weighted by Crippen LogP contribution is 2.77. The summed E-state index contributed by atoms with van der Waals surface area (Å²) in [7, 11) is 0. The van der Waals surface area contributed by atoms with Gasteiger partial charge in [-0.2, -0.15) is 0 Å². The molecule has 0 radical (unpaired) electrons. The van der Waals surface area contributed by atoms with E-state index in [9.17, 15) is 0 Å². The minimum atomic E-state index is -0.127. The molecule has 22 rings (SSSR count). The second kappa shape index (κ2) is 6.53.